The monoisotopic (exact) mass is 191 g/mol. The Hall–Kier alpha value is -1.07. The van der Waals surface area contributed by atoms with Gasteiger partial charge in [0, 0.05) is 5.56 Å². The van der Waals surface area contributed by atoms with Gasteiger partial charge in [-0.05, 0) is 31.0 Å². The molecule has 0 aliphatic carbocycles. The largest absolute Gasteiger partial charge is 0.398 e. The molecule has 13 heavy (non-hydrogen) atoms. The Bertz CT molecular complexity index is 372. The van der Waals surface area contributed by atoms with Gasteiger partial charge in [0.25, 0.3) is 0 Å². The SMILES string of the molecule is Cc1cc(C)c(N)c(C#CCS)c1. The van der Waals surface area contributed by atoms with Crippen LogP contribution >= 0.6 is 12.6 Å². The Morgan fingerprint density at radius 1 is 1.38 bits per heavy atom. The van der Waals surface area contributed by atoms with Gasteiger partial charge in [0.05, 0.1) is 11.4 Å². The number of aryl methyl sites for hydroxylation is 2. The Morgan fingerprint density at radius 3 is 2.69 bits per heavy atom. The van der Waals surface area contributed by atoms with E-state index in [9.17, 15) is 0 Å². The molecule has 0 heterocycles. The number of nitrogen functional groups attached to an aromatic ring is 1. The lowest BCUT2D eigenvalue weighted by atomic mass is 10.0. The third kappa shape index (κ3) is 2.43. The van der Waals surface area contributed by atoms with Crippen molar-refractivity contribution in [2.24, 2.45) is 0 Å². The fraction of sp³-hybridized carbons (Fsp3) is 0.273. The Kier molecular flexibility index (Phi) is 3.27. The van der Waals surface area contributed by atoms with Crippen LogP contribution in [0.4, 0.5) is 5.69 Å². The highest BCUT2D eigenvalue weighted by molar-refractivity contribution is 7.80. The van der Waals surface area contributed by atoms with Gasteiger partial charge in [0.15, 0.2) is 0 Å². The van der Waals surface area contributed by atoms with Crippen molar-refractivity contribution < 1.29 is 0 Å². The van der Waals surface area contributed by atoms with Crippen LogP contribution < -0.4 is 5.73 Å². The van der Waals surface area contributed by atoms with Crippen LogP contribution in [-0.4, -0.2) is 5.75 Å². The lowest BCUT2D eigenvalue weighted by Gasteiger charge is -2.04. The molecule has 0 spiro atoms. The molecule has 1 aromatic rings. The Balaban J connectivity index is 3.20. The van der Waals surface area contributed by atoms with Gasteiger partial charge < -0.3 is 5.73 Å². The van der Waals surface area contributed by atoms with Crippen LogP contribution in [0.15, 0.2) is 12.1 Å². The summed E-state index contributed by atoms with van der Waals surface area (Å²) in [6, 6.07) is 4.06. The fourth-order valence-corrected chi connectivity index (χ4v) is 1.30. The first-order chi connectivity index (χ1) is 6.15. The molecule has 1 aromatic carbocycles. The third-order valence-electron chi connectivity index (χ3n) is 1.83. The number of thiol groups is 1. The number of hydrogen-bond acceptors (Lipinski definition) is 2. The van der Waals surface area contributed by atoms with Gasteiger partial charge in [-0.15, -0.1) is 0 Å². The summed E-state index contributed by atoms with van der Waals surface area (Å²) in [4.78, 5) is 0. The highest BCUT2D eigenvalue weighted by atomic mass is 32.1. The van der Waals surface area contributed by atoms with Crippen molar-refractivity contribution in [2.75, 3.05) is 11.5 Å². The summed E-state index contributed by atoms with van der Waals surface area (Å²) >= 11 is 4.02. The van der Waals surface area contributed by atoms with Crippen molar-refractivity contribution in [1.29, 1.82) is 0 Å². The van der Waals surface area contributed by atoms with E-state index < -0.39 is 0 Å². The molecule has 2 N–H and O–H groups in total. The zero-order chi connectivity index (χ0) is 9.84. The molecule has 0 atom stereocenters. The number of nitrogens with two attached hydrogens (primary N) is 1. The van der Waals surface area contributed by atoms with Gasteiger partial charge in [-0.2, -0.15) is 12.6 Å². The second-order valence-corrected chi connectivity index (χ2v) is 3.32. The molecule has 1 rings (SSSR count). The second kappa shape index (κ2) is 4.25. The number of hydrogen-bond donors (Lipinski definition) is 2. The van der Waals surface area contributed by atoms with E-state index in [2.05, 4.69) is 30.5 Å². The Morgan fingerprint density at radius 2 is 2.08 bits per heavy atom. The van der Waals surface area contributed by atoms with Gasteiger partial charge in [-0.25, -0.2) is 0 Å². The van der Waals surface area contributed by atoms with Crippen LogP contribution in [0, 0.1) is 25.7 Å². The molecule has 0 unspecified atom stereocenters. The Labute approximate surface area is 84.8 Å². The van der Waals surface area contributed by atoms with Crippen molar-refractivity contribution in [2.45, 2.75) is 13.8 Å². The predicted octanol–water partition coefficient (Wildman–Crippen LogP) is 2.17. The summed E-state index contributed by atoms with van der Waals surface area (Å²) in [5, 5.41) is 0. The summed E-state index contributed by atoms with van der Waals surface area (Å²) in [5.41, 5.74) is 9.83. The first-order valence-corrected chi connectivity index (χ1v) is 4.75. The van der Waals surface area contributed by atoms with Gasteiger partial charge in [0.2, 0.25) is 0 Å². The molecular weight excluding hydrogens is 178 g/mol. The molecule has 0 aromatic heterocycles. The molecule has 0 fully saturated rings. The summed E-state index contributed by atoms with van der Waals surface area (Å²) in [5.74, 6) is 6.45. The van der Waals surface area contributed by atoms with Crippen LogP contribution in [0.25, 0.3) is 0 Å². The van der Waals surface area contributed by atoms with E-state index in [0.717, 1.165) is 16.8 Å². The molecular formula is C11H13NS. The maximum Gasteiger partial charge on any atom is 0.0521 e. The number of rotatable bonds is 0. The second-order valence-electron chi connectivity index (χ2n) is 3.00. The van der Waals surface area contributed by atoms with Gasteiger partial charge in [-0.1, -0.05) is 17.9 Å². The van der Waals surface area contributed by atoms with Crippen LogP contribution in [0.3, 0.4) is 0 Å². The zero-order valence-corrected chi connectivity index (χ0v) is 8.78. The molecule has 0 saturated heterocycles. The van der Waals surface area contributed by atoms with E-state index in [4.69, 9.17) is 5.73 Å². The van der Waals surface area contributed by atoms with Gasteiger partial charge >= 0.3 is 0 Å². The molecule has 1 nitrogen and oxygen atoms in total. The van der Waals surface area contributed by atoms with E-state index in [1.807, 2.05) is 19.9 Å². The molecule has 0 aliphatic rings. The van der Waals surface area contributed by atoms with E-state index in [0.29, 0.717) is 5.75 Å². The van der Waals surface area contributed by atoms with E-state index in [-0.39, 0.29) is 0 Å². The summed E-state index contributed by atoms with van der Waals surface area (Å²) in [6.45, 7) is 4.03. The minimum atomic E-state index is 0.562. The molecule has 68 valence electrons. The molecule has 0 saturated carbocycles. The van der Waals surface area contributed by atoms with Crippen molar-refractivity contribution in [3.8, 4) is 11.8 Å². The molecule has 0 bridgehead atoms. The maximum absolute atomic E-state index is 5.86. The van der Waals surface area contributed by atoms with Crippen LogP contribution in [-0.2, 0) is 0 Å². The average Bonchev–Trinajstić information content (AvgIpc) is 2.09. The highest BCUT2D eigenvalue weighted by Gasteiger charge is 1.99. The van der Waals surface area contributed by atoms with Crippen molar-refractivity contribution in [3.05, 3.63) is 28.8 Å². The third-order valence-corrected chi connectivity index (χ3v) is 1.99. The topological polar surface area (TPSA) is 26.0 Å². The average molecular weight is 191 g/mol. The van der Waals surface area contributed by atoms with E-state index >= 15 is 0 Å². The molecule has 0 radical (unpaired) electrons. The molecule has 2 heteroatoms. The number of anilines is 1. The first kappa shape index (κ1) is 10.0. The quantitative estimate of drug-likeness (QED) is 0.367. The summed E-state index contributed by atoms with van der Waals surface area (Å²) in [7, 11) is 0. The lowest BCUT2D eigenvalue weighted by Crippen LogP contribution is -1.95. The first-order valence-electron chi connectivity index (χ1n) is 4.11. The van der Waals surface area contributed by atoms with Gasteiger partial charge in [-0.3, -0.25) is 0 Å². The lowest BCUT2D eigenvalue weighted by molar-refractivity contribution is 1.37. The van der Waals surface area contributed by atoms with Crippen LogP contribution in [0.5, 0.6) is 0 Å². The van der Waals surface area contributed by atoms with E-state index in [1.54, 1.807) is 0 Å². The van der Waals surface area contributed by atoms with E-state index in [1.165, 1.54) is 5.56 Å². The zero-order valence-electron chi connectivity index (χ0n) is 7.89. The van der Waals surface area contributed by atoms with Crippen molar-refractivity contribution in [3.63, 3.8) is 0 Å². The minimum absolute atomic E-state index is 0.562. The standard InChI is InChI=1S/C11H13NS/c1-8-6-9(2)11(12)10(7-8)4-3-5-13/h6-7,13H,5,12H2,1-2H3. The maximum atomic E-state index is 5.86. The smallest absolute Gasteiger partial charge is 0.0521 e. The van der Waals surface area contributed by atoms with Crippen LogP contribution in [0.2, 0.25) is 0 Å². The summed E-state index contributed by atoms with van der Waals surface area (Å²) < 4.78 is 0. The molecule has 0 amide bonds. The minimum Gasteiger partial charge on any atom is -0.398 e. The summed E-state index contributed by atoms with van der Waals surface area (Å²) in [6.07, 6.45) is 0. The number of benzene rings is 1. The normalized spacial score (nSPS) is 9.15. The highest BCUT2D eigenvalue weighted by Crippen LogP contribution is 2.17. The van der Waals surface area contributed by atoms with Crippen LogP contribution in [0.1, 0.15) is 16.7 Å². The fourth-order valence-electron chi connectivity index (χ4n) is 1.22. The van der Waals surface area contributed by atoms with Crippen molar-refractivity contribution in [1.82, 2.24) is 0 Å². The molecule has 0 aliphatic heterocycles. The van der Waals surface area contributed by atoms with Gasteiger partial charge in [0.1, 0.15) is 0 Å². The predicted molar refractivity (Wildman–Crippen MR) is 61.1 cm³/mol. The van der Waals surface area contributed by atoms with Crippen molar-refractivity contribution >= 4 is 18.3 Å².